The van der Waals surface area contributed by atoms with Gasteiger partial charge in [-0.25, -0.2) is 4.39 Å². The molecule has 0 saturated carbocycles. The number of fused-ring (bicyclic) bond motifs is 1. The molecule has 1 aliphatic rings. The van der Waals surface area contributed by atoms with Crippen LogP contribution in [0.5, 0.6) is 0 Å². The second kappa shape index (κ2) is 8.14. The lowest BCUT2D eigenvalue weighted by Crippen LogP contribution is -2.42. The van der Waals surface area contributed by atoms with Crippen molar-refractivity contribution in [2.75, 3.05) is 18.4 Å². The average Bonchev–Trinajstić information content (AvgIpc) is 3.11. The van der Waals surface area contributed by atoms with Crippen LogP contribution in [0.25, 0.3) is 17.0 Å². The number of anilines is 1. The molecule has 0 atom stereocenters. The molecule has 0 aliphatic carbocycles. The van der Waals surface area contributed by atoms with E-state index in [-0.39, 0.29) is 17.8 Å². The summed E-state index contributed by atoms with van der Waals surface area (Å²) in [6.45, 7) is 5.63. The Bertz CT molecular complexity index is 1010. The minimum atomic E-state index is -0.361. The predicted molar refractivity (Wildman–Crippen MR) is 109 cm³/mol. The molecule has 1 saturated heterocycles. The number of aromatic nitrogens is 4. The zero-order valence-electron chi connectivity index (χ0n) is 16.7. The highest BCUT2D eigenvalue weighted by Crippen LogP contribution is 2.22. The zero-order valence-corrected chi connectivity index (χ0v) is 16.7. The Morgan fingerprint density at radius 1 is 1.17 bits per heavy atom. The smallest absolute Gasteiger partial charge is 0.222 e. The summed E-state index contributed by atoms with van der Waals surface area (Å²) in [6.07, 6.45) is 2.33. The minimum Gasteiger partial charge on any atom is -0.366 e. The van der Waals surface area contributed by atoms with Crippen molar-refractivity contribution in [2.45, 2.75) is 39.2 Å². The third-order valence-corrected chi connectivity index (χ3v) is 5.16. The predicted octanol–water partition coefficient (Wildman–Crippen LogP) is 3.38. The normalized spacial score (nSPS) is 15.2. The molecule has 4 rings (SSSR count). The van der Waals surface area contributed by atoms with E-state index in [1.54, 1.807) is 22.7 Å². The largest absolute Gasteiger partial charge is 0.366 e. The van der Waals surface area contributed by atoms with Crippen LogP contribution in [-0.4, -0.2) is 49.7 Å². The fourth-order valence-electron chi connectivity index (χ4n) is 3.64. The number of hydrogen-bond donors (Lipinski definition) is 1. The molecular weight excluding hydrogens is 371 g/mol. The monoisotopic (exact) mass is 396 g/mol. The molecule has 1 aromatic carbocycles. The van der Waals surface area contributed by atoms with Crippen LogP contribution in [0.2, 0.25) is 0 Å². The summed E-state index contributed by atoms with van der Waals surface area (Å²) >= 11 is 0. The quantitative estimate of drug-likeness (QED) is 0.716. The molecule has 0 unspecified atom stereocenters. The maximum Gasteiger partial charge on any atom is 0.222 e. The molecule has 29 heavy (non-hydrogen) atoms. The van der Waals surface area contributed by atoms with Crippen molar-refractivity contribution < 1.29 is 9.18 Å². The summed E-state index contributed by atoms with van der Waals surface area (Å²) in [5.74, 6) is 1.30. The van der Waals surface area contributed by atoms with E-state index in [1.165, 1.54) is 6.07 Å². The highest BCUT2D eigenvalue weighted by atomic mass is 19.1. The van der Waals surface area contributed by atoms with Crippen molar-refractivity contribution in [2.24, 2.45) is 5.92 Å². The Balaban J connectivity index is 1.47. The van der Waals surface area contributed by atoms with Crippen LogP contribution in [-0.2, 0) is 4.79 Å². The van der Waals surface area contributed by atoms with Crippen LogP contribution in [0.1, 0.15) is 33.1 Å². The third kappa shape index (κ3) is 4.21. The van der Waals surface area contributed by atoms with Crippen molar-refractivity contribution in [3.05, 3.63) is 42.2 Å². The molecule has 0 radical (unpaired) electrons. The molecule has 0 bridgehead atoms. The van der Waals surface area contributed by atoms with E-state index in [2.05, 4.69) is 34.5 Å². The number of likely N-dealkylation sites (tertiary alicyclic amines) is 1. The molecule has 3 aromatic rings. The maximum absolute atomic E-state index is 14.2. The maximum atomic E-state index is 14.2. The number of amides is 1. The first kappa shape index (κ1) is 19.3. The Labute approximate surface area is 168 Å². The van der Waals surface area contributed by atoms with Crippen LogP contribution < -0.4 is 5.32 Å². The van der Waals surface area contributed by atoms with Gasteiger partial charge in [0.1, 0.15) is 11.6 Å². The van der Waals surface area contributed by atoms with Gasteiger partial charge < -0.3 is 10.2 Å². The number of piperidine rings is 1. The zero-order chi connectivity index (χ0) is 20.4. The molecule has 3 heterocycles. The summed E-state index contributed by atoms with van der Waals surface area (Å²) in [7, 11) is 0. The summed E-state index contributed by atoms with van der Waals surface area (Å²) in [6, 6.07) is 10.4. The van der Waals surface area contributed by atoms with Crippen molar-refractivity contribution in [1.82, 2.24) is 24.7 Å². The number of benzene rings is 1. The van der Waals surface area contributed by atoms with E-state index in [4.69, 9.17) is 0 Å². The first-order chi connectivity index (χ1) is 14.0. The fraction of sp³-hybridized carbons (Fsp3) is 0.429. The highest BCUT2D eigenvalue weighted by Gasteiger charge is 2.23. The Morgan fingerprint density at radius 3 is 2.66 bits per heavy atom. The van der Waals surface area contributed by atoms with Gasteiger partial charge in [0.25, 0.3) is 0 Å². The summed E-state index contributed by atoms with van der Waals surface area (Å²) in [5.41, 5.74) is 0.921. The molecule has 0 spiro atoms. The van der Waals surface area contributed by atoms with Gasteiger partial charge in [-0.05, 0) is 43.0 Å². The molecule has 8 heteroatoms. The number of nitrogens with one attached hydrogen (secondary N) is 1. The molecular formula is C21H25FN6O. The first-order valence-electron chi connectivity index (χ1n) is 10.0. The summed E-state index contributed by atoms with van der Waals surface area (Å²) < 4.78 is 15.7. The van der Waals surface area contributed by atoms with Crippen LogP contribution in [0.4, 0.5) is 10.2 Å². The van der Waals surface area contributed by atoms with E-state index in [1.807, 2.05) is 17.0 Å². The SMILES string of the molecule is CC(C)CC(=O)N1CCC(Nc2ccc3nnc(-c4ccccc4F)n3n2)CC1. The van der Waals surface area contributed by atoms with Gasteiger partial charge in [0, 0.05) is 25.6 Å². The molecule has 1 N–H and O–H groups in total. The van der Waals surface area contributed by atoms with Gasteiger partial charge in [-0.2, -0.15) is 4.52 Å². The van der Waals surface area contributed by atoms with Gasteiger partial charge in [-0.1, -0.05) is 26.0 Å². The van der Waals surface area contributed by atoms with Crippen molar-refractivity contribution in [1.29, 1.82) is 0 Å². The first-order valence-corrected chi connectivity index (χ1v) is 10.0. The number of hydrogen-bond acceptors (Lipinski definition) is 5. The number of carbonyl (C=O) groups is 1. The van der Waals surface area contributed by atoms with Crippen molar-refractivity contribution in [3.63, 3.8) is 0 Å². The van der Waals surface area contributed by atoms with Crippen molar-refractivity contribution >= 4 is 17.4 Å². The lowest BCUT2D eigenvalue weighted by atomic mass is 10.0. The number of carbonyl (C=O) groups excluding carboxylic acids is 1. The number of rotatable bonds is 5. The highest BCUT2D eigenvalue weighted by molar-refractivity contribution is 5.76. The molecule has 152 valence electrons. The Morgan fingerprint density at radius 2 is 1.93 bits per heavy atom. The molecule has 1 fully saturated rings. The molecule has 7 nitrogen and oxygen atoms in total. The average molecular weight is 396 g/mol. The van der Waals surface area contributed by atoms with E-state index in [0.29, 0.717) is 35.2 Å². The summed E-state index contributed by atoms with van der Waals surface area (Å²) in [5, 5.41) is 16.2. The molecule has 1 aliphatic heterocycles. The second-order valence-corrected chi connectivity index (χ2v) is 7.89. The number of nitrogens with zero attached hydrogens (tertiary/aromatic N) is 5. The van der Waals surface area contributed by atoms with E-state index in [9.17, 15) is 9.18 Å². The fourth-order valence-corrected chi connectivity index (χ4v) is 3.64. The Kier molecular flexibility index (Phi) is 5.42. The van der Waals surface area contributed by atoms with Gasteiger partial charge in [-0.3, -0.25) is 4.79 Å². The van der Waals surface area contributed by atoms with Gasteiger partial charge >= 0.3 is 0 Å². The van der Waals surface area contributed by atoms with Crippen molar-refractivity contribution in [3.8, 4) is 11.4 Å². The van der Waals surface area contributed by atoms with Crippen LogP contribution >= 0.6 is 0 Å². The Hall–Kier alpha value is -3.03. The lowest BCUT2D eigenvalue weighted by molar-refractivity contribution is -0.132. The van der Waals surface area contributed by atoms with Gasteiger partial charge in [0.2, 0.25) is 5.91 Å². The van der Waals surface area contributed by atoms with E-state index >= 15 is 0 Å². The molecule has 2 aromatic heterocycles. The topological polar surface area (TPSA) is 75.4 Å². The minimum absolute atomic E-state index is 0.233. The third-order valence-electron chi connectivity index (χ3n) is 5.16. The standard InChI is InChI=1S/C21H25FN6O/c1-14(2)13-20(29)27-11-9-15(10-12-27)23-18-7-8-19-24-25-21(28(19)26-18)16-5-3-4-6-17(16)22/h3-8,14-15H,9-13H2,1-2H3,(H,23,26). The van der Waals surface area contributed by atoms with Gasteiger partial charge in [-0.15, -0.1) is 15.3 Å². The van der Waals surface area contributed by atoms with E-state index < -0.39 is 0 Å². The van der Waals surface area contributed by atoms with Crippen LogP contribution in [0.3, 0.4) is 0 Å². The van der Waals surface area contributed by atoms with Crippen LogP contribution in [0.15, 0.2) is 36.4 Å². The van der Waals surface area contributed by atoms with Gasteiger partial charge in [0.05, 0.1) is 5.56 Å². The summed E-state index contributed by atoms with van der Waals surface area (Å²) in [4.78, 5) is 14.2. The molecule has 1 amide bonds. The van der Waals surface area contributed by atoms with E-state index in [0.717, 1.165) is 25.9 Å². The van der Waals surface area contributed by atoms with Gasteiger partial charge in [0.15, 0.2) is 11.5 Å². The van der Waals surface area contributed by atoms with Crippen LogP contribution in [0, 0.1) is 11.7 Å². The number of halogens is 1. The second-order valence-electron chi connectivity index (χ2n) is 7.89. The lowest BCUT2D eigenvalue weighted by Gasteiger charge is -2.33.